The lowest BCUT2D eigenvalue weighted by Gasteiger charge is -2.17. The molecule has 4 heteroatoms. The van der Waals surface area contributed by atoms with Crippen LogP contribution in [0.1, 0.15) is 17.3 Å². The molecule has 0 amide bonds. The quantitative estimate of drug-likeness (QED) is 0.720. The van der Waals surface area contributed by atoms with E-state index >= 15 is 0 Å². The average Bonchev–Trinajstić information content (AvgIpc) is 2.62. The summed E-state index contributed by atoms with van der Waals surface area (Å²) in [4.78, 5) is 11.9. The van der Waals surface area contributed by atoms with Gasteiger partial charge in [-0.3, -0.25) is 0 Å². The van der Waals surface area contributed by atoms with Crippen molar-refractivity contribution in [3.05, 3.63) is 35.4 Å². The van der Waals surface area contributed by atoms with Crippen molar-refractivity contribution in [3.63, 3.8) is 0 Å². The molecule has 1 aromatic rings. The zero-order valence-corrected chi connectivity index (χ0v) is 10.1. The van der Waals surface area contributed by atoms with Crippen LogP contribution in [0.25, 0.3) is 0 Å². The van der Waals surface area contributed by atoms with Gasteiger partial charge in [0.05, 0.1) is 0 Å². The fraction of sp³-hybridized carbons (Fsp3) is 0.417. The van der Waals surface area contributed by atoms with Crippen LogP contribution in [-0.4, -0.2) is 37.1 Å². The molecule has 0 radical (unpaired) electrons. The van der Waals surface area contributed by atoms with Crippen molar-refractivity contribution < 1.29 is 4.84 Å². The summed E-state index contributed by atoms with van der Waals surface area (Å²) in [7, 11) is 5.74. The molecule has 1 aliphatic heterocycles. The second-order valence-corrected chi connectivity index (χ2v) is 4.23. The summed E-state index contributed by atoms with van der Waals surface area (Å²) >= 11 is 0. The molecule has 2 rings (SSSR count). The first kappa shape index (κ1) is 11.0. The minimum atomic E-state index is -0.0435. The van der Waals surface area contributed by atoms with Crippen LogP contribution in [0.2, 0.25) is 0 Å². The van der Waals surface area contributed by atoms with Gasteiger partial charge in [0, 0.05) is 21.1 Å². The zero-order valence-electron chi connectivity index (χ0n) is 10.1. The second-order valence-electron chi connectivity index (χ2n) is 4.23. The number of nitrogens with zero attached hydrogens (tertiary/aromatic N) is 3. The molecule has 0 fully saturated rings. The summed E-state index contributed by atoms with van der Waals surface area (Å²) in [6.45, 7) is 2.08. The summed E-state index contributed by atoms with van der Waals surface area (Å²) in [5.41, 5.74) is 2.40. The van der Waals surface area contributed by atoms with Gasteiger partial charge in [0.2, 0.25) is 0 Å². The van der Waals surface area contributed by atoms with E-state index in [1.54, 1.807) is 5.06 Å². The number of amidine groups is 1. The molecule has 86 valence electrons. The van der Waals surface area contributed by atoms with Crippen LogP contribution in [0.15, 0.2) is 29.3 Å². The minimum absolute atomic E-state index is 0.0435. The summed E-state index contributed by atoms with van der Waals surface area (Å²) in [5.74, 6) is 0. The summed E-state index contributed by atoms with van der Waals surface area (Å²) in [6, 6.07) is 9.00. The van der Waals surface area contributed by atoms with Gasteiger partial charge in [-0.1, -0.05) is 29.8 Å². The number of aliphatic imine (C=N–C) groups is 1. The fourth-order valence-electron chi connectivity index (χ4n) is 1.61. The van der Waals surface area contributed by atoms with Crippen molar-refractivity contribution in [1.82, 2.24) is 9.96 Å². The molecule has 0 spiro atoms. The molecular weight excluding hydrogens is 202 g/mol. The molecule has 0 saturated carbocycles. The summed E-state index contributed by atoms with van der Waals surface area (Å²) in [5, 5.41) is 1.76. The lowest BCUT2D eigenvalue weighted by atomic mass is 10.1. The van der Waals surface area contributed by atoms with E-state index in [4.69, 9.17) is 4.84 Å². The first-order valence-electron chi connectivity index (χ1n) is 5.30. The third-order valence-corrected chi connectivity index (χ3v) is 2.56. The Hall–Kier alpha value is -1.55. The van der Waals surface area contributed by atoms with E-state index in [0.29, 0.717) is 6.02 Å². The highest BCUT2D eigenvalue weighted by Crippen LogP contribution is 2.26. The first-order chi connectivity index (χ1) is 7.58. The molecule has 16 heavy (non-hydrogen) atoms. The van der Waals surface area contributed by atoms with Crippen LogP contribution in [0, 0.1) is 6.92 Å². The largest absolute Gasteiger partial charge is 0.366 e. The monoisotopic (exact) mass is 219 g/mol. The van der Waals surface area contributed by atoms with Crippen LogP contribution in [0.4, 0.5) is 0 Å². The fourth-order valence-corrected chi connectivity index (χ4v) is 1.61. The van der Waals surface area contributed by atoms with Crippen LogP contribution in [0.5, 0.6) is 0 Å². The number of hydroxylamine groups is 2. The molecule has 1 unspecified atom stereocenters. The molecular formula is C12H17N3O. The molecule has 1 aliphatic rings. The van der Waals surface area contributed by atoms with E-state index in [1.165, 1.54) is 5.56 Å². The number of rotatable bonds is 1. The van der Waals surface area contributed by atoms with Crippen molar-refractivity contribution in [1.29, 1.82) is 0 Å². The predicted octanol–water partition coefficient (Wildman–Crippen LogP) is 1.79. The highest BCUT2D eigenvalue weighted by atomic mass is 16.7. The van der Waals surface area contributed by atoms with E-state index in [1.807, 2.05) is 26.0 Å². The number of hydrogen-bond acceptors (Lipinski definition) is 4. The third-order valence-electron chi connectivity index (χ3n) is 2.56. The summed E-state index contributed by atoms with van der Waals surface area (Å²) < 4.78 is 0. The maximum Gasteiger partial charge on any atom is 0.309 e. The second kappa shape index (κ2) is 4.14. The van der Waals surface area contributed by atoms with Gasteiger partial charge in [-0.25, -0.2) is 4.99 Å². The number of benzene rings is 1. The standard InChI is InChI=1S/C12H17N3O/c1-9-5-7-10(8-6-9)11-13-12(14(2)3)16-15(11)4/h5-8,11H,1-4H3. The van der Waals surface area contributed by atoms with Gasteiger partial charge >= 0.3 is 6.02 Å². The molecule has 1 atom stereocenters. The average molecular weight is 219 g/mol. The van der Waals surface area contributed by atoms with Gasteiger partial charge in [-0.05, 0) is 12.5 Å². The Bertz CT molecular complexity index is 397. The molecule has 0 saturated heterocycles. The maximum absolute atomic E-state index is 5.53. The molecule has 0 bridgehead atoms. The lowest BCUT2D eigenvalue weighted by Crippen LogP contribution is -2.26. The SMILES string of the molecule is Cc1ccc(C2N=C(N(C)C)ON2C)cc1. The Morgan fingerprint density at radius 1 is 1.25 bits per heavy atom. The third kappa shape index (κ3) is 2.02. The summed E-state index contributed by atoms with van der Waals surface area (Å²) in [6.07, 6.45) is -0.0435. The van der Waals surface area contributed by atoms with Crippen molar-refractivity contribution in [2.24, 2.45) is 4.99 Å². The van der Waals surface area contributed by atoms with Crippen LogP contribution < -0.4 is 0 Å². The molecule has 1 heterocycles. The van der Waals surface area contributed by atoms with Gasteiger partial charge < -0.3 is 9.74 Å². The van der Waals surface area contributed by atoms with Gasteiger partial charge in [0.15, 0.2) is 6.17 Å². The number of hydrogen-bond donors (Lipinski definition) is 0. The smallest absolute Gasteiger partial charge is 0.309 e. The van der Waals surface area contributed by atoms with Gasteiger partial charge in [-0.15, -0.1) is 5.06 Å². The van der Waals surface area contributed by atoms with Gasteiger partial charge in [-0.2, -0.15) is 0 Å². The predicted molar refractivity (Wildman–Crippen MR) is 63.9 cm³/mol. The highest BCUT2D eigenvalue weighted by molar-refractivity contribution is 5.74. The Balaban J connectivity index is 2.24. The Morgan fingerprint density at radius 2 is 1.88 bits per heavy atom. The van der Waals surface area contributed by atoms with Crippen molar-refractivity contribution >= 4 is 6.02 Å². The lowest BCUT2D eigenvalue weighted by molar-refractivity contribution is -0.0664. The molecule has 4 nitrogen and oxygen atoms in total. The van der Waals surface area contributed by atoms with E-state index in [0.717, 1.165) is 5.56 Å². The van der Waals surface area contributed by atoms with Crippen LogP contribution in [0.3, 0.4) is 0 Å². The van der Waals surface area contributed by atoms with Crippen molar-refractivity contribution in [2.75, 3.05) is 21.1 Å². The van der Waals surface area contributed by atoms with Crippen LogP contribution >= 0.6 is 0 Å². The van der Waals surface area contributed by atoms with E-state index in [9.17, 15) is 0 Å². The molecule has 0 N–H and O–H groups in total. The van der Waals surface area contributed by atoms with E-state index in [2.05, 4.69) is 36.2 Å². The molecule has 0 aliphatic carbocycles. The molecule has 0 aromatic heterocycles. The first-order valence-corrected chi connectivity index (χ1v) is 5.30. The van der Waals surface area contributed by atoms with Crippen molar-refractivity contribution in [2.45, 2.75) is 13.1 Å². The van der Waals surface area contributed by atoms with Crippen LogP contribution in [-0.2, 0) is 4.84 Å². The molecule has 1 aromatic carbocycles. The number of aryl methyl sites for hydroxylation is 1. The zero-order chi connectivity index (χ0) is 11.7. The van der Waals surface area contributed by atoms with E-state index in [-0.39, 0.29) is 6.17 Å². The Kier molecular flexibility index (Phi) is 2.83. The van der Waals surface area contributed by atoms with Crippen molar-refractivity contribution in [3.8, 4) is 0 Å². The maximum atomic E-state index is 5.53. The minimum Gasteiger partial charge on any atom is -0.366 e. The highest BCUT2D eigenvalue weighted by Gasteiger charge is 2.27. The Morgan fingerprint density at radius 3 is 2.38 bits per heavy atom. The topological polar surface area (TPSA) is 28.1 Å². The Labute approximate surface area is 96.1 Å². The van der Waals surface area contributed by atoms with Gasteiger partial charge in [0.1, 0.15) is 0 Å². The normalized spacial score (nSPS) is 20.5. The van der Waals surface area contributed by atoms with Gasteiger partial charge in [0.25, 0.3) is 0 Å². The van der Waals surface area contributed by atoms with E-state index < -0.39 is 0 Å².